The number of morpholine rings is 1. The minimum atomic E-state index is -1.08. The van der Waals surface area contributed by atoms with E-state index in [-0.39, 0.29) is 17.2 Å². The van der Waals surface area contributed by atoms with Gasteiger partial charge in [0, 0.05) is 17.3 Å². The van der Waals surface area contributed by atoms with Crippen molar-refractivity contribution in [2.45, 2.75) is 32.3 Å². The van der Waals surface area contributed by atoms with Crippen molar-refractivity contribution in [1.82, 2.24) is 15.0 Å². The summed E-state index contributed by atoms with van der Waals surface area (Å²) in [4.78, 5) is 25.8. The van der Waals surface area contributed by atoms with Gasteiger partial charge >= 0.3 is 5.97 Å². The number of aromatic carboxylic acids is 1. The number of ether oxygens (including phenoxy) is 1. The van der Waals surface area contributed by atoms with E-state index in [4.69, 9.17) is 14.8 Å². The van der Waals surface area contributed by atoms with Crippen molar-refractivity contribution in [1.29, 1.82) is 0 Å². The summed E-state index contributed by atoms with van der Waals surface area (Å²) in [6, 6.07) is 0. The smallest absolute Gasteiger partial charge is 0.356 e. The van der Waals surface area contributed by atoms with Crippen LogP contribution in [0.1, 0.15) is 48.1 Å². The number of hydrogen-bond donors (Lipinski definition) is 1. The third kappa shape index (κ3) is 3.54. The molecule has 1 N–H and O–H groups in total. The standard InChI is InChI=1S/C16H20N4O3S/c1-16(2,3)12-9-24-14(19-12)11-8-20(4-5-23-11)13-7-17-10(6-18-13)15(21)22/h6-7,9,11H,4-5,8H2,1-3H3,(H,21,22). The van der Waals surface area contributed by atoms with Crippen molar-refractivity contribution >= 4 is 23.1 Å². The molecule has 128 valence electrons. The van der Waals surface area contributed by atoms with Gasteiger partial charge in [0.2, 0.25) is 0 Å². The van der Waals surface area contributed by atoms with Crippen molar-refractivity contribution in [3.05, 3.63) is 34.2 Å². The normalized spacial score (nSPS) is 18.6. The van der Waals surface area contributed by atoms with Crippen LogP contribution in [0.15, 0.2) is 17.8 Å². The van der Waals surface area contributed by atoms with Crippen molar-refractivity contribution in [3.63, 3.8) is 0 Å². The molecule has 0 aliphatic carbocycles. The van der Waals surface area contributed by atoms with Gasteiger partial charge < -0.3 is 14.7 Å². The summed E-state index contributed by atoms with van der Waals surface area (Å²) in [5.74, 6) is -0.424. The molecule has 1 unspecified atom stereocenters. The molecule has 7 nitrogen and oxygen atoms in total. The quantitative estimate of drug-likeness (QED) is 0.911. The van der Waals surface area contributed by atoms with Crippen LogP contribution in [0.4, 0.5) is 5.82 Å². The van der Waals surface area contributed by atoms with Gasteiger partial charge in [0.25, 0.3) is 0 Å². The minimum Gasteiger partial charge on any atom is -0.476 e. The molecule has 3 rings (SSSR count). The third-order valence-electron chi connectivity index (χ3n) is 3.81. The molecule has 0 saturated carbocycles. The average Bonchev–Trinajstić information content (AvgIpc) is 3.05. The van der Waals surface area contributed by atoms with Crippen molar-refractivity contribution in [2.75, 3.05) is 24.6 Å². The molecule has 2 aromatic heterocycles. The van der Waals surface area contributed by atoms with Gasteiger partial charge in [0.1, 0.15) is 16.9 Å². The van der Waals surface area contributed by atoms with Crippen LogP contribution in [0.2, 0.25) is 0 Å². The number of carbonyl (C=O) groups is 1. The molecule has 24 heavy (non-hydrogen) atoms. The highest BCUT2D eigenvalue weighted by Crippen LogP contribution is 2.31. The number of thiazole rings is 1. The van der Waals surface area contributed by atoms with Crippen LogP contribution in [-0.2, 0) is 10.2 Å². The molecular weight excluding hydrogens is 328 g/mol. The summed E-state index contributed by atoms with van der Waals surface area (Å²) in [7, 11) is 0. The third-order valence-corrected chi connectivity index (χ3v) is 4.75. The highest BCUT2D eigenvalue weighted by molar-refractivity contribution is 7.09. The first-order valence-corrected chi connectivity index (χ1v) is 8.60. The van der Waals surface area contributed by atoms with E-state index in [1.54, 1.807) is 11.3 Å². The molecule has 8 heteroatoms. The van der Waals surface area contributed by atoms with Crippen molar-refractivity contribution in [3.8, 4) is 0 Å². The van der Waals surface area contributed by atoms with Crippen molar-refractivity contribution < 1.29 is 14.6 Å². The van der Waals surface area contributed by atoms with Crippen LogP contribution < -0.4 is 4.90 Å². The van der Waals surface area contributed by atoms with Gasteiger partial charge in [-0.3, -0.25) is 0 Å². The fourth-order valence-corrected chi connectivity index (χ4v) is 3.47. The zero-order chi connectivity index (χ0) is 17.3. The molecule has 1 aliphatic heterocycles. The van der Waals surface area contributed by atoms with E-state index in [1.165, 1.54) is 12.4 Å². The summed E-state index contributed by atoms with van der Waals surface area (Å²) in [6.45, 7) is 8.29. The molecule has 0 bridgehead atoms. The van der Waals surface area contributed by atoms with E-state index in [1.807, 2.05) is 4.90 Å². The zero-order valence-corrected chi connectivity index (χ0v) is 14.7. The maximum atomic E-state index is 10.9. The second kappa shape index (κ2) is 6.45. The molecule has 0 amide bonds. The van der Waals surface area contributed by atoms with Crippen LogP contribution in [0, 0.1) is 0 Å². The molecule has 0 radical (unpaired) electrons. The van der Waals surface area contributed by atoms with E-state index in [9.17, 15) is 4.79 Å². The SMILES string of the molecule is CC(C)(C)c1csc(C2CN(c3cnc(C(=O)O)cn3)CCO2)n1. The Morgan fingerprint density at radius 2 is 2.17 bits per heavy atom. The molecule has 0 aromatic carbocycles. The lowest BCUT2D eigenvalue weighted by Gasteiger charge is -2.32. The number of aromatic nitrogens is 3. The maximum Gasteiger partial charge on any atom is 0.356 e. The first kappa shape index (κ1) is 16.8. The number of nitrogens with zero attached hydrogens (tertiary/aromatic N) is 4. The predicted molar refractivity (Wildman–Crippen MR) is 90.7 cm³/mol. The monoisotopic (exact) mass is 348 g/mol. The van der Waals surface area contributed by atoms with Crippen LogP contribution >= 0.6 is 11.3 Å². The van der Waals surface area contributed by atoms with Gasteiger partial charge in [0.05, 0.1) is 31.2 Å². The maximum absolute atomic E-state index is 10.9. The van der Waals surface area contributed by atoms with Crippen LogP contribution in [0.25, 0.3) is 0 Å². The first-order valence-electron chi connectivity index (χ1n) is 7.72. The van der Waals surface area contributed by atoms with Crippen LogP contribution in [0.5, 0.6) is 0 Å². The lowest BCUT2D eigenvalue weighted by molar-refractivity contribution is 0.0391. The van der Waals surface area contributed by atoms with Gasteiger partial charge in [0.15, 0.2) is 5.69 Å². The number of rotatable bonds is 3. The molecule has 1 aliphatic rings. The van der Waals surface area contributed by atoms with Gasteiger partial charge in [-0.2, -0.15) is 0 Å². The summed E-state index contributed by atoms with van der Waals surface area (Å²) in [5.41, 5.74) is 1.02. The first-order chi connectivity index (χ1) is 11.3. The molecule has 2 aromatic rings. The van der Waals surface area contributed by atoms with E-state index in [0.29, 0.717) is 25.5 Å². The van der Waals surface area contributed by atoms with E-state index >= 15 is 0 Å². The lowest BCUT2D eigenvalue weighted by Crippen LogP contribution is -2.39. The number of anilines is 1. The lowest BCUT2D eigenvalue weighted by atomic mass is 9.93. The molecule has 1 fully saturated rings. The Bertz CT molecular complexity index is 724. The van der Waals surface area contributed by atoms with Crippen LogP contribution in [0.3, 0.4) is 0 Å². The summed E-state index contributed by atoms with van der Waals surface area (Å²) < 4.78 is 5.87. The minimum absolute atomic E-state index is 0.0151. The predicted octanol–water partition coefficient (Wildman–Crippen LogP) is 2.51. The highest BCUT2D eigenvalue weighted by Gasteiger charge is 2.27. The molecular formula is C16H20N4O3S. The van der Waals surface area contributed by atoms with E-state index in [0.717, 1.165) is 10.7 Å². The average molecular weight is 348 g/mol. The van der Waals surface area contributed by atoms with Gasteiger partial charge in [-0.15, -0.1) is 11.3 Å². The Kier molecular flexibility index (Phi) is 4.51. The van der Waals surface area contributed by atoms with E-state index < -0.39 is 5.97 Å². The largest absolute Gasteiger partial charge is 0.476 e. The Morgan fingerprint density at radius 3 is 2.75 bits per heavy atom. The zero-order valence-electron chi connectivity index (χ0n) is 13.9. The summed E-state index contributed by atoms with van der Waals surface area (Å²) in [6.07, 6.45) is 2.66. The number of carboxylic acid groups (broad SMARTS) is 1. The topological polar surface area (TPSA) is 88.4 Å². The number of hydrogen-bond acceptors (Lipinski definition) is 7. The molecule has 1 saturated heterocycles. The Hall–Kier alpha value is -2.06. The Labute approximate surface area is 144 Å². The highest BCUT2D eigenvalue weighted by atomic mass is 32.1. The van der Waals surface area contributed by atoms with Gasteiger partial charge in [-0.05, 0) is 0 Å². The second-order valence-corrected chi connectivity index (χ2v) is 7.58. The molecule has 0 spiro atoms. The van der Waals surface area contributed by atoms with Crippen LogP contribution in [-0.4, -0.2) is 45.7 Å². The van der Waals surface area contributed by atoms with Crippen molar-refractivity contribution in [2.24, 2.45) is 0 Å². The second-order valence-electron chi connectivity index (χ2n) is 6.69. The Balaban J connectivity index is 1.74. The summed E-state index contributed by atoms with van der Waals surface area (Å²) in [5, 5.41) is 11.9. The molecule has 1 atom stereocenters. The van der Waals surface area contributed by atoms with E-state index in [2.05, 4.69) is 36.1 Å². The summed E-state index contributed by atoms with van der Waals surface area (Å²) >= 11 is 1.61. The fourth-order valence-electron chi connectivity index (χ4n) is 2.38. The van der Waals surface area contributed by atoms with Gasteiger partial charge in [-0.25, -0.2) is 19.7 Å². The fraction of sp³-hybridized carbons (Fsp3) is 0.500. The Morgan fingerprint density at radius 1 is 1.38 bits per heavy atom. The van der Waals surface area contributed by atoms with Gasteiger partial charge in [-0.1, -0.05) is 20.8 Å². The molecule has 3 heterocycles. The number of carboxylic acids is 1.